The Hall–Kier alpha value is -0.650. The predicted octanol–water partition coefficient (Wildman–Crippen LogP) is 0.298. The minimum Gasteiger partial charge on any atom is -0.376 e. The number of piperidine rings is 1. The smallest absolute Gasteiger partial charge is 0.227 e. The molecule has 0 aromatic rings. The van der Waals surface area contributed by atoms with Crippen molar-refractivity contribution in [2.75, 3.05) is 39.5 Å². The summed E-state index contributed by atoms with van der Waals surface area (Å²) in [5.74, 6) is 0.159. The number of carbonyl (C=O) groups excluding carboxylic acids is 1. The van der Waals surface area contributed by atoms with Gasteiger partial charge in [0.15, 0.2) is 0 Å². The van der Waals surface area contributed by atoms with E-state index in [0.29, 0.717) is 26.4 Å². The molecule has 2 rings (SSSR count). The summed E-state index contributed by atoms with van der Waals surface area (Å²) in [5, 5.41) is 6.36. The van der Waals surface area contributed by atoms with Crippen LogP contribution in [0.25, 0.3) is 0 Å². The van der Waals surface area contributed by atoms with E-state index in [0.717, 1.165) is 32.4 Å². The lowest BCUT2D eigenvalue weighted by Crippen LogP contribution is -2.52. The van der Waals surface area contributed by atoms with Crippen molar-refractivity contribution in [1.29, 1.82) is 0 Å². The van der Waals surface area contributed by atoms with Crippen LogP contribution in [-0.2, 0) is 14.3 Å². The van der Waals surface area contributed by atoms with E-state index in [1.165, 1.54) is 0 Å². The zero-order valence-corrected chi connectivity index (χ0v) is 11.2. The molecule has 2 atom stereocenters. The van der Waals surface area contributed by atoms with Crippen LogP contribution >= 0.6 is 0 Å². The Labute approximate surface area is 109 Å². The molecule has 0 aliphatic carbocycles. The van der Waals surface area contributed by atoms with Gasteiger partial charge >= 0.3 is 0 Å². The van der Waals surface area contributed by atoms with E-state index in [1.54, 1.807) is 0 Å². The summed E-state index contributed by atoms with van der Waals surface area (Å²) >= 11 is 0. The van der Waals surface area contributed by atoms with E-state index >= 15 is 0 Å². The number of hydrogen-bond acceptors (Lipinski definition) is 4. The van der Waals surface area contributed by atoms with E-state index in [2.05, 4.69) is 17.6 Å². The Morgan fingerprint density at radius 1 is 1.50 bits per heavy atom. The Morgan fingerprint density at radius 2 is 2.39 bits per heavy atom. The highest BCUT2D eigenvalue weighted by Crippen LogP contribution is 2.30. The molecule has 0 aromatic heterocycles. The number of nitrogens with one attached hydrogen (secondary N) is 2. The topological polar surface area (TPSA) is 59.6 Å². The maximum Gasteiger partial charge on any atom is 0.227 e. The highest BCUT2D eigenvalue weighted by atomic mass is 16.6. The van der Waals surface area contributed by atoms with E-state index in [-0.39, 0.29) is 17.4 Å². The fourth-order valence-electron chi connectivity index (χ4n) is 2.67. The molecule has 0 saturated carbocycles. The van der Waals surface area contributed by atoms with Crippen LogP contribution in [0.4, 0.5) is 0 Å². The Morgan fingerprint density at radius 3 is 3.00 bits per heavy atom. The van der Waals surface area contributed by atoms with Crippen LogP contribution in [0.1, 0.15) is 26.2 Å². The summed E-state index contributed by atoms with van der Waals surface area (Å²) in [4.78, 5) is 12.3. The van der Waals surface area contributed by atoms with Crippen LogP contribution in [0.5, 0.6) is 0 Å². The molecule has 0 bridgehead atoms. The minimum absolute atomic E-state index is 0.00755. The van der Waals surface area contributed by atoms with Crippen molar-refractivity contribution in [3.05, 3.63) is 0 Å². The molecule has 0 spiro atoms. The van der Waals surface area contributed by atoms with Gasteiger partial charge in [-0.05, 0) is 25.8 Å². The zero-order chi connectivity index (χ0) is 12.8. The van der Waals surface area contributed by atoms with E-state index in [9.17, 15) is 4.79 Å². The van der Waals surface area contributed by atoms with Crippen molar-refractivity contribution in [3.63, 3.8) is 0 Å². The van der Waals surface area contributed by atoms with Crippen molar-refractivity contribution in [2.24, 2.45) is 5.41 Å². The third-order valence-electron chi connectivity index (χ3n) is 4.01. The quantitative estimate of drug-likeness (QED) is 0.759. The molecule has 104 valence electrons. The molecule has 1 amide bonds. The number of hydrogen-bond donors (Lipinski definition) is 2. The third-order valence-corrected chi connectivity index (χ3v) is 4.01. The van der Waals surface area contributed by atoms with Crippen molar-refractivity contribution < 1.29 is 14.3 Å². The number of ether oxygens (including phenoxy) is 2. The van der Waals surface area contributed by atoms with Crippen LogP contribution in [0.3, 0.4) is 0 Å². The van der Waals surface area contributed by atoms with Gasteiger partial charge in [-0.2, -0.15) is 0 Å². The van der Waals surface area contributed by atoms with E-state index < -0.39 is 0 Å². The fourth-order valence-corrected chi connectivity index (χ4v) is 2.67. The van der Waals surface area contributed by atoms with Gasteiger partial charge in [-0.3, -0.25) is 4.79 Å². The molecule has 0 radical (unpaired) electrons. The first kappa shape index (κ1) is 13.8. The van der Waals surface area contributed by atoms with E-state index in [1.807, 2.05) is 0 Å². The molecule has 2 fully saturated rings. The van der Waals surface area contributed by atoms with Crippen LogP contribution < -0.4 is 10.6 Å². The number of rotatable bonds is 4. The van der Waals surface area contributed by atoms with Gasteiger partial charge in [0.25, 0.3) is 0 Å². The molecule has 2 saturated heterocycles. The first-order valence-electron chi connectivity index (χ1n) is 6.95. The zero-order valence-electron chi connectivity index (χ0n) is 11.2. The predicted molar refractivity (Wildman–Crippen MR) is 68.4 cm³/mol. The molecule has 2 aliphatic heterocycles. The largest absolute Gasteiger partial charge is 0.376 e. The van der Waals surface area contributed by atoms with Crippen molar-refractivity contribution in [1.82, 2.24) is 10.6 Å². The van der Waals surface area contributed by atoms with Gasteiger partial charge in [0, 0.05) is 13.1 Å². The summed E-state index contributed by atoms with van der Waals surface area (Å²) in [6.07, 6.45) is 2.94. The minimum atomic E-state index is -0.228. The summed E-state index contributed by atoms with van der Waals surface area (Å²) in [5.41, 5.74) is -0.228. The van der Waals surface area contributed by atoms with Crippen LogP contribution in [0.2, 0.25) is 0 Å². The normalized spacial score (nSPS) is 33.1. The molecule has 18 heavy (non-hydrogen) atoms. The van der Waals surface area contributed by atoms with Crippen molar-refractivity contribution in [2.45, 2.75) is 32.3 Å². The van der Waals surface area contributed by atoms with Crippen LogP contribution in [0, 0.1) is 5.41 Å². The Bertz CT molecular complexity index is 271. The molecule has 2 unspecified atom stereocenters. The van der Waals surface area contributed by atoms with Crippen molar-refractivity contribution in [3.8, 4) is 0 Å². The summed E-state index contributed by atoms with van der Waals surface area (Å²) in [7, 11) is 0. The molecule has 2 heterocycles. The van der Waals surface area contributed by atoms with Crippen molar-refractivity contribution >= 4 is 5.91 Å². The van der Waals surface area contributed by atoms with Gasteiger partial charge < -0.3 is 20.1 Å². The molecule has 5 nitrogen and oxygen atoms in total. The van der Waals surface area contributed by atoms with Crippen LogP contribution in [-0.4, -0.2) is 51.5 Å². The van der Waals surface area contributed by atoms with Gasteiger partial charge in [-0.15, -0.1) is 0 Å². The average Bonchev–Trinajstić information content (AvgIpc) is 2.46. The Balaban J connectivity index is 1.81. The maximum absolute atomic E-state index is 12.3. The summed E-state index contributed by atoms with van der Waals surface area (Å²) in [6.45, 7) is 6.32. The number of carbonyl (C=O) groups is 1. The Kier molecular flexibility index (Phi) is 4.97. The molecule has 2 N–H and O–H groups in total. The van der Waals surface area contributed by atoms with Gasteiger partial charge in [0.1, 0.15) is 0 Å². The van der Waals surface area contributed by atoms with Gasteiger partial charge in [-0.25, -0.2) is 0 Å². The molecular formula is C13H24N2O3. The lowest BCUT2D eigenvalue weighted by molar-refractivity contribution is -0.134. The van der Waals surface area contributed by atoms with Crippen LogP contribution in [0.15, 0.2) is 0 Å². The maximum atomic E-state index is 12.3. The first-order valence-corrected chi connectivity index (χ1v) is 6.95. The SMILES string of the molecule is CCC1(C(=O)NCC2COCCO2)CCCNC1. The first-order chi connectivity index (χ1) is 8.77. The molecule has 5 heteroatoms. The second-order valence-electron chi connectivity index (χ2n) is 5.19. The van der Waals surface area contributed by atoms with Gasteiger partial charge in [-0.1, -0.05) is 6.92 Å². The van der Waals surface area contributed by atoms with Gasteiger partial charge in [0.2, 0.25) is 5.91 Å². The van der Waals surface area contributed by atoms with Gasteiger partial charge in [0.05, 0.1) is 31.3 Å². The third kappa shape index (κ3) is 3.22. The molecule has 0 aromatic carbocycles. The lowest BCUT2D eigenvalue weighted by atomic mass is 9.77. The fraction of sp³-hybridized carbons (Fsp3) is 0.923. The standard InChI is InChI=1S/C13H24N2O3/c1-2-13(4-3-5-14-10-13)12(16)15-8-11-9-17-6-7-18-11/h11,14H,2-10H2,1H3,(H,15,16). The highest BCUT2D eigenvalue weighted by molar-refractivity contribution is 5.83. The summed E-state index contributed by atoms with van der Waals surface area (Å²) < 4.78 is 10.8. The second-order valence-corrected chi connectivity index (χ2v) is 5.19. The summed E-state index contributed by atoms with van der Waals surface area (Å²) in [6, 6.07) is 0. The average molecular weight is 256 g/mol. The monoisotopic (exact) mass is 256 g/mol. The molecule has 2 aliphatic rings. The number of amides is 1. The highest BCUT2D eigenvalue weighted by Gasteiger charge is 2.37. The lowest BCUT2D eigenvalue weighted by Gasteiger charge is -2.36. The molecular weight excluding hydrogens is 232 g/mol. The van der Waals surface area contributed by atoms with E-state index in [4.69, 9.17) is 9.47 Å². The second kappa shape index (κ2) is 6.50.